The van der Waals surface area contributed by atoms with Gasteiger partial charge in [0.2, 0.25) is 5.43 Å². The fourth-order valence-electron chi connectivity index (χ4n) is 3.39. The smallest absolute Gasteiger partial charge is 0.250 e. The first-order valence-corrected chi connectivity index (χ1v) is 8.49. The number of benzene rings is 2. The Morgan fingerprint density at radius 3 is 2.46 bits per heavy atom. The minimum atomic E-state index is -0.470. The summed E-state index contributed by atoms with van der Waals surface area (Å²) < 4.78 is 0. The Hall–Kier alpha value is -2.39. The van der Waals surface area contributed by atoms with Crippen LogP contribution >= 0.6 is 11.6 Å². The monoisotopic (exact) mass is 337 g/mol. The van der Waals surface area contributed by atoms with Crippen LogP contribution in [-0.4, -0.2) is 0 Å². The molecule has 4 heteroatoms. The van der Waals surface area contributed by atoms with Crippen molar-refractivity contribution in [2.75, 3.05) is 5.32 Å². The largest absolute Gasteiger partial charge is 0.352 e. The van der Waals surface area contributed by atoms with Gasteiger partial charge in [-0.15, -0.1) is 0 Å². The zero-order valence-electron chi connectivity index (χ0n) is 13.1. The molecule has 0 saturated carbocycles. The van der Waals surface area contributed by atoms with Crippen molar-refractivity contribution >= 4 is 23.0 Å². The third kappa shape index (κ3) is 2.55. The van der Waals surface area contributed by atoms with E-state index in [4.69, 9.17) is 11.6 Å². The highest BCUT2D eigenvalue weighted by molar-refractivity contribution is 6.30. The lowest BCUT2D eigenvalue weighted by molar-refractivity contribution is 0.686. The fraction of sp³-hybridized carbons (Fsp3) is 0.200. The molecule has 0 amide bonds. The van der Waals surface area contributed by atoms with Gasteiger partial charge in [-0.05, 0) is 60.6 Å². The van der Waals surface area contributed by atoms with E-state index >= 15 is 0 Å². The molecule has 3 nitrogen and oxygen atoms in total. The second-order valence-electron chi connectivity index (χ2n) is 6.23. The number of hydrogen-bond acceptors (Lipinski definition) is 3. The summed E-state index contributed by atoms with van der Waals surface area (Å²) >= 11 is 5.98. The van der Waals surface area contributed by atoms with Crippen LogP contribution in [0.25, 0.3) is 11.1 Å². The summed E-state index contributed by atoms with van der Waals surface area (Å²) in [6, 6.07) is 13.2. The lowest BCUT2D eigenvalue weighted by Gasteiger charge is -2.18. The molecule has 4 rings (SSSR count). The molecule has 1 aliphatic rings. The predicted octanol–water partition coefficient (Wildman–Crippen LogP) is 4.23. The summed E-state index contributed by atoms with van der Waals surface area (Å²) in [5, 5.41) is 3.63. The molecule has 120 valence electrons. The Labute approximate surface area is 144 Å². The van der Waals surface area contributed by atoms with E-state index < -0.39 is 10.9 Å². The van der Waals surface area contributed by atoms with Crippen LogP contribution in [0.1, 0.15) is 24.0 Å². The van der Waals surface area contributed by atoms with Crippen LogP contribution in [0.15, 0.2) is 52.1 Å². The molecule has 3 aromatic carbocycles. The molecule has 0 heterocycles. The van der Waals surface area contributed by atoms with Gasteiger partial charge >= 0.3 is 0 Å². The molecule has 0 fully saturated rings. The van der Waals surface area contributed by atoms with Crippen LogP contribution in [0.2, 0.25) is 5.02 Å². The molecule has 0 aromatic heterocycles. The summed E-state index contributed by atoms with van der Waals surface area (Å²) in [7, 11) is 0. The Morgan fingerprint density at radius 2 is 1.67 bits per heavy atom. The normalized spacial score (nSPS) is 13.7. The highest BCUT2D eigenvalue weighted by Gasteiger charge is 2.23. The maximum Gasteiger partial charge on any atom is 0.250 e. The lowest BCUT2D eigenvalue weighted by atomic mass is 9.88. The van der Waals surface area contributed by atoms with Gasteiger partial charge in [0.05, 0.1) is 5.56 Å². The number of anilines is 2. The van der Waals surface area contributed by atoms with Gasteiger partial charge in [0.25, 0.3) is 5.43 Å². The highest BCUT2D eigenvalue weighted by atomic mass is 35.5. The van der Waals surface area contributed by atoms with Crippen molar-refractivity contribution in [1.29, 1.82) is 0 Å². The molecule has 0 saturated heterocycles. The average molecular weight is 338 g/mol. The van der Waals surface area contributed by atoms with Crippen molar-refractivity contribution in [2.45, 2.75) is 25.7 Å². The number of fused-ring (bicyclic) bond motifs is 1. The van der Waals surface area contributed by atoms with Crippen LogP contribution < -0.4 is 16.2 Å². The van der Waals surface area contributed by atoms with E-state index in [1.807, 2.05) is 12.1 Å². The minimum Gasteiger partial charge on any atom is -0.352 e. The molecule has 0 spiro atoms. The SMILES string of the molecule is O=c1c(Nc2cccc(Cl)c2)c(-c2ccc3c(c2)CCCC3)c1=O. The standard InChI is InChI=1S/C20H16ClNO2/c21-15-6-3-7-16(11-15)22-18-17(19(23)20(18)24)14-9-8-12-4-1-2-5-13(12)10-14/h3,6-11,22H,1-2,4-5H2. The third-order valence-electron chi connectivity index (χ3n) is 4.64. The Balaban J connectivity index is 1.73. The van der Waals surface area contributed by atoms with Crippen molar-refractivity contribution < 1.29 is 0 Å². The quantitative estimate of drug-likeness (QED) is 0.728. The number of rotatable bonds is 3. The van der Waals surface area contributed by atoms with Gasteiger partial charge < -0.3 is 5.32 Å². The fourth-order valence-corrected chi connectivity index (χ4v) is 3.58. The number of hydrogen-bond donors (Lipinski definition) is 1. The van der Waals surface area contributed by atoms with E-state index in [-0.39, 0.29) is 0 Å². The summed E-state index contributed by atoms with van der Waals surface area (Å²) in [5.41, 5.74) is 4.12. The maximum absolute atomic E-state index is 12.1. The highest BCUT2D eigenvalue weighted by Crippen LogP contribution is 2.31. The maximum atomic E-state index is 12.1. The van der Waals surface area contributed by atoms with E-state index in [0.29, 0.717) is 22.0 Å². The van der Waals surface area contributed by atoms with Gasteiger partial charge in [0.1, 0.15) is 5.69 Å². The zero-order valence-corrected chi connectivity index (χ0v) is 13.8. The zero-order chi connectivity index (χ0) is 16.7. The van der Waals surface area contributed by atoms with Crippen molar-refractivity contribution in [3.8, 4) is 11.1 Å². The van der Waals surface area contributed by atoms with Gasteiger partial charge in [-0.2, -0.15) is 0 Å². The van der Waals surface area contributed by atoms with Crippen LogP contribution in [0.3, 0.4) is 0 Å². The number of nitrogens with one attached hydrogen (secondary N) is 1. The van der Waals surface area contributed by atoms with E-state index in [1.165, 1.54) is 24.0 Å². The predicted molar refractivity (Wildman–Crippen MR) is 98.2 cm³/mol. The molecule has 3 aromatic rings. The van der Waals surface area contributed by atoms with Gasteiger partial charge in [0.15, 0.2) is 0 Å². The first-order chi connectivity index (χ1) is 11.6. The molecule has 0 aliphatic heterocycles. The Morgan fingerprint density at radius 1 is 0.875 bits per heavy atom. The van der Waals surface area contributed by atoms with E-state index in [1.54, 1.807) is 18.2 Å². The third-order valence-corrected chi connectivity index (χ3v) is 4.88. The van der Waals surface area contributed by atoms with Crippen molar-refractivity contribution in [2.24, 2.45) is 0 Å². The summed E-state index contributed by atoms with van der Waals surface area (Å²) in [5.74, 6) is 0. The van der Waals surface area contributed by atoms with Gasteiger partial charge in [0, 0.05) is 10.7 Å². The molecule has 0 bridgehead atoms. The Kier molecular flexibility index (Phi) is 3.73. The second-order valence-corrected chi connectivity index (χ2v) is 6.67. The summed E-state index contributed by atoms with van der Waals surface area (Å²) in [4.78, 5) is 24.1. The van der Waals surface area contributed by atoms with E-state index in [2.05, 4.69) is 17.4 Å². The topological polar surface area (TPSA) is 46.2 Å². The van der Waals surface area contributed by atoms with Crippen LogP contribution in [0, 0.1) is 0 Å². The molecule has 1 aliphatic carbocycles. The molecule has 0 radical (unpaired) electrons. The number of halogens is 1. The molecule has 0 atom stereocenters. The van der Waals surface area contributed by atoms with Gasteiger partial charge in [-0.3, -0.25) is 9.59 Å². The molecular formula is C20H16ClNO2. The van der Waals surface area contributed by atoms with Gasteiger partial charge in [-0.25, -0.2) is 0 Å². The van der Waals surface area contributed by atoms with Crippen molar-refractivity contribution in [3.05, 3.63) is 79.1 Å². The Bertz CT molecular complexity index is 999. The molecular weight excluding hydrogens is 322 g/mol. The first kappa shape index (κ1) is 15.2. The molecule has 1 N–H and O–H groups in total. The van der Waals surface area contributed by atoms with Crippen molar-refractivity contribution in [3.63, 3.8) is 0 Å². The minimum absolute atomic E-state index is 0.359. The van der Waals surface area contributed by atoms with E-state index in [9.17, 15) is 9.59 Å². The van der Waals surface area contributed by atoms with Crippen LogP contribution in [0.4, 0.5) is 11.4 Å². The summed E-state index contributed by atoms with van der Waals surface area (Å²) in [6.07, 6.45) is 4.52. The number of aryl methyl sites for hydroxylation is 2. The van der Waals surface area contributed by atoms with Crippen LogP contribution in [-0.2, 0) is 12.8 Å². The summed E-state index contributed by atoms with van der Waals surface area (Å²) in [6.45, 7) is 0. The van der Waals surface area contributed by atoms with Crippen molar-refractivity contribution in [1.82, 2.24) is 0 Å². The average Bonchev–Trinajstić information content (AvgIpc) is 2.61. The van der Waals surface area contributed by atoms with E-state index in [0.717, 1.165) is 18.4 Å². The lowest BCUT2D eigenvalue weighted by Crippen LogP contribution is -2.35. The van der Waals surface area contributed by atoms with Crippen LogP contribution in [0.5, 0.6) is 0 Å². The molecule has 0 unspecified atom stereocenters. The first-order valence-electron chi connectivity index (χ1n) is 8.11. The molecule has 24 heavy (non-hydrogen) atoms. The van der Waals surface area contributed by atoms with Gasteiger partial charge in [-0.1, -0.05) is 35.9 Å². The second kappa shape index (κ2) is 5.91.